The van der Waals surface area contributed by atoms with Gasteiger partial charge in [0, 0.05) is 0 Å². The summed E-state index contributed by atoms with van der Waals surface area (Å²) < 4.78 is 63.1. The summed E-state index contributed by atoms with van der Waals surface area (Å²) >= 11 is 0. The number of halogens is 6. The number of aliphatic carboxylic acids is 2. The standard InChI is InChI=1S/C5H5.C5H.2C2HF3O2.Zr/c2*1-2-4-5-3-1;2*3-2(4,5)1(6)7;/h1-5H;1H;2*(H,6,7);/q-1;-5;;;+4/p-2. The Hall–Kier alpha value is -1.90. The van der Waals surface area contributed by atoms with Crippen LogP contribution in [0.1, 0.15) is 0 Å². The third-order valence-corrected chi connectivity index (χ3v) is 1.37. The van der Waals surface area contributed by atoms with Gasteiger partial charge < -0.3 is 50.1 Å². The van der Waals surface area contributed by atoms with Gasteiger partial charge in [0.15, 0.2) is 0 Å². The predicted molar refractivity (Wildman–Crippen MR) is 61.5 cm³/mol. The van der Waals surface area contributed by atoms with Crippen molar-refractivity contribution in [2.75, 3.05) is 0 Å². The van der Waals surface area contributed by atoms with Crippen LogP contribution in [0.2, 0.25) is 0 Å². The molecule has 0 bridgehead atoms. The molecule has 0 aliphatic rings. The zero-order valence-corrected chi connectivity index (χ0v) is 14.3. The Morgan fingerprint density at radius 1 is 0.800 bits per heavy atom. The summed E-state index contributed by atoms with van der Waals surface area (Å²) in [7, 11) is 0. The van der Waals surface area contributed by atoms with Crippen LogP contribution in [0.3, 0.4) is 0 Å². The van der Waals surface area contributed by atoms with E-state index in [2.05, 4.69) is 24.3 Å². The maximum Gasteiger partial charge on any atom is 4.00 e. The van der Waals surface area contributed by atoms with Gasteiger partial charge in [-0.25, -0.2) is 12.1 Å². The van der Waals surface area contributed by atoms with Gasteiger partial charge in [-0.2, -0.15) is 44.5 Å². The predicted octanol–water partition coefficient (Wildman–Crippen LogP) is 0.606. The van der Waals surface area contributed by atoms with E-state index in [0.717, 1.165) is 0 Å². The van der Waals surface area contributed by atoms with E-state index in [1.54, 1.807) is 6.07 Å². The van der Waals surface area contributed by atoms with Gasteiger partial charge in [-0.1, -0.05) is 0 Å². The molecule has 0 spiro atoms. The van der Waals surface area contributed by atoms with Gasteiger partial charge in [0.05, 0.1) is 0 Å². The van der Waals surface area contributed by atoms with E-state index in [1.165, 1.54) is 0 Å². The van der Waals surface area contributed by atoms with Crippen molar-refractivity contribution >= 4 is 11.9 Å². The Labute approximate surface area is 157 Å². The second-order valence-electron chi connectivity index (χ2n) is 3.22. The Morgan fingerprint density at radius 3 is 1.16 bits per heavy atom. The summed E-state index contributed by atoms with van der Waals surface area (Å²) in [5.41, 5.74) is 0. The number of carboxylic acids is 2. The molecule has 0 unspecified atom stereocenters. The first-order chi connectivity index (χ1) is 10.9. The molecule has 0 amide bonds. The molecular formula is C14H6F6O4Zr-4. The van der Waals surface area contributed by atoms with Crippen LogP contribution in [-0.4, -0.2) is 24.3 Å². The van der Waals surface area contributed by atoms with E-state index in [1.807, 2.05) is 30.3 Å². The minimum Gasteiger partial charge on any atom is -0.999 e. The van der Waals surface area contributed by atoms with Crippen molar-refractivity contribution < 1.29 is 72.3 Å². The minimum atomic E-state index is -5.19. The topological polar surface area (TPSA) is 80.3 Å². The second kappa shape index (κ2) is 14.4. The number of hydrogen-bond acceptors (Lipinski definition) is 4. The Bertz CT molecular complexity index is 448. The molecule has 0 fully saturated rings. The molecule has 0 atom stereocenters. The van der Waals surface area contributed by atoms with E-state index in [4.69, 9.17) is 19.8 Å². The summed E-state index contributed by atoms with van der Waals surface area (Å²) in [5, 5.41) is 17.6. The fourth-order valence-electron chi connectivity index (χ4n) is 0.501. The molecule has 2 rings (SSSR count). The molecule has 2 aromatic carbocycles. The van der Waals surface area contributed by atoms with Crippen LogP contribution in [0.4, 0.5) is 26.3 Å². The van der Waals surface area contributed by atoms with Gasteiger partial charge >= 0.3 is 38.6 Å². The summed E-state index contributed by atoms with van der Waals surface area (Å²) in [6.07, 6.45) is -10.4. The molecule has 0 aromatic heterocycles. The third kappa shape index (κ3) is 22.1. The average Bonchev–Trinajstić information content (AvgIpc) is 3.16. The largest absolute Gasteiger partial charge is 4.00 e. The first-order valence-corrected chi connectivity index (χ1v) is 5.44. The molecule has 25 heavy (non-hydrogen) atoms. The van der Waals surface area contributed by atoms with Crippen molar-refractivity contribution in [2.24, 2.45) is 0 Å². The van der Waals surface area contributed by atoms with E-state index in [9.17, 15) is 26.3 Å². The number of carboxylic acid groups (broad SMARTS) is 2. The zero-order valence-electron chi connectivity index (χ0n) is 11.9. The van der Waals surface area contributed by atoms with E-state index in [-0.39, 0.29) is 26.2 Å². The van der Waals surface area contributed by atoms with Gasteiger partial charge in [-0.05, 0) is 0 Å². The Morgan fingerprint density at radius 2 is 1.08 bits per heavy atom. The van der Waals surface area contributed by atoms with E-state index < -0.39 is 24.3 Å². The van der Waals surface area contributed by atoms with Crippen molar-refractivity contribution in [1.82, 2.24) is 0 Å². The maximum atomic E-state index is 10.5. The normalized spacial score (nSPS) is 9.52. The van der Waals surface area contributed by atoms with Crippen molar-refractivity contribution in [3.05, 3.63) is 60.7 Å². The second-order valence-corrected chi connectivity index (χ2v) is 3.22. The van der Waals surface area contributed by atoms with Crippen LogP contribution in [-0.2, 0) is 35.8 Å². The Balaban J connectivity index is -0.000000257. The van der Waals surface area contributed by atoms with Crippen LogP contribution in [0, 0.1) is 24.3 Å². The molecule has 0 radical (unpaired) electrons. The molecular weight excluding hydrogens is 437 g/mol. The van der Waals surface area contributed by atoms with Crippen molar-refractivity contribution in [1.29, 1.82) is 0 Å². The number of hydrogen-bond donors (Lipinski definition) is 0. The van der Waals surface area contributed by atoms with Crippen LogP contribution < -0.4 is 10.2 Å². The van der Waals surface area contributed by atoms with E-state index >= 15 is 0 Å². The summed E-state index contributed by atoms with van der Waals surface area (Å²) in [5.74, 6) is -6.01. The fourth-order valence-corrected chi connectivity index (χ4v) is 0.501. The molecule has 0 aliphatic heterocycles. The first-order valence-electron chi connectivity index (χ1n) is 5.44. The number of rotatable bonds is 0. The summed E-state index contributed by atoms with van der Waals surface area (Å²) in [6, 6.07) is 22.0. The van der Waals surface area contributed by atoms with E-state index in [0.29, 0.717) is 0 Å². The molecule has 0 N–H and O–H groups in total. The quantitative estimate of drug-likeness (QED) is 0.442. The van der Waals surface area contributed by atoms with Crippen LogP contribution in [0.15, 0.2) is 36.4 Å². The molecule has 4 nitrogen and oxygen atoms in total. The van der Waals surface area contributed by atoms with Crippen molar-refractivity contribution in [3.63, 3.8) is 0 Å². The van der Waals surface area contributed by atoms with Gasteiger partial charge in [0.25, 0.3) is 0 Å². The van der Waals surface area contributed by atoms with Crippen LogP contribution in [0.5, 0.6) is 0 Å². The van der Waals surface area contributed by atoms with Gasteiger partial charge in [0.1, 0.15) is 11.9 Å². The molecule has 0 aliphatic carbocycles. The summed E-state index contributed by atoms with van der Waals surface area (Å²) in [6.45, 7) is 0. The number of alkyl halides is 6. The average molecular weight is 443 g/mol. The first kappa shape index (κ1) is 27.9. The molecule has 0 saturated heterocycles. The van der Waals surface area contributed by atoms with Crippen molar-refractivity contribution in [3.8, 4) is 0 Å². The van der Waals surface area contributed by atoms with Gasteiger partial charge in [0.2, 0.25) is 0 Å². The Kier molecular flexibility index (Phi) is 16.1. The summed E-state index contributed by atoms with van der Waals surface area (Å²) in [4.78, 5) is 17.6. The number of carbonyl (C=O) groups excluding carboxylic acids is 2. The third-order valence-electron chi connectivity index (χ3n) is 1.37. The molecule has 2 aromatic rings. The fraction of sp³-hybridized carbons (Fsp3) is 0.143. The molecule has 0 heterocycles. The van der Waals surface area contributed by atoms with Crippen LogP contribution >= 0.6 is 0 Å². The van der Waals surface area contributed by atoms with Crippen LogP contribution in [0.25, 0.3) is 0 Å². The molecule has 0 saturated carbocycles. The smallest absolute Gasteiger partial charge is 0.999 e. The molecule has 136 valence electrons. The van der Waals surface area contributed by atoms with Gasteiger partial charge in [-0.15, -0.1) is 0 Å². The SMILES string of the molecule is O=C([O-])C(F)(F)F.O=C([O-])C(F)(F)F.[Zr+4].[c-]1[c-][c-][cH-][c-]1.c1cc[cH-]c1. The maximum absolute atomic E-state index is 10.5. The zero-order chi connectivity index (χ0) is 19.2. The minimum absolute atomic E-state index is 0. The van der Waals surface area contributed by atoms with Crippen molar-refractivity contribution in [2.45, 2.75) is 12.4 Å². The number of carbonyl (C=O) groups is 2. The van der Waals surface area contributed by atoms with Gasteiger partial charge in [-0.3, -0.25) is 0 Å². The molecule has 11 heteroatoms. The monoisotopic (exact) mass is 442 g/mol.